The molecule has 2 aromatic heterocycles. The van der Waals surface area contributed by atoms with Crippen LogP contribution in [0.5, 0.6) is 0 Å². The van der Waals surface area contributed by atoms with Crippen molar-refractivity contribution in [1.29, 1.82) is 5.26 Å². The minimum atomic E-state index is -0.327. The second-order valence-electron chi connectivity index (χ2n) is 4.69. The molecule has 0 radical (unpaired) electrons. The molecule has 0 fully saturated rings. The van der Waals surface area contributed by atoms with Gasteiger partial charge in [-0.2, -0.15) is 14.9 Å². The van der Waals surface area contributed by atoms with Gasteiger partial charge in [-0.05, 0) is 18.1 Å². The molecule has 0 unspecified atom stereocenters. The van der Waals surface area contributed by atoms with Crippen LogP contribution in [0.15, 0.2) is 24.3 Å². The summed E-state index contributed by atoms with van der Waals surface area (Å²) in [6.07, 6.45) is 0. The van der Waals surface area contributed by atoms with Crippen LogP contribution in [-0.2, 0) is 0 Å². The number of aromatic nitrogens is 3. The Kier molecular flexibility index (Phi) is 2.99. The van der Waals surface area contributed by atoms with Crippen LogP contribution < -0.4 is 0 Å². The van der Waals surface area contributed by atoms with Crippen LogP contribution in [0.25, 0.3) is 15.5 Å². The fourth-order valence-electron chi connectivity index (χ4n) is 2.01. The van der Waals surface area contributed by atoms with Gasteiger partial charge in [0.05, 0.1) is 5.69 Å². The van der Waals surface area contributed by atoms with Crippen LogP contribution in [0, 0.1) is 17.1 Å². The van der Waals surface area contributed by atoms with E-state index in [0.717, 1.165) is 5.69 Å². The molecule has 100 valence electrons. The van der Waals surface area contributed by atoms with E-state index in [2.05, 4.69) is 16.2 Å². The van der Waals surface area contributed by atoms with Gasteiger partial charge < -0.3 is 0 Å². The van der Waals surface area contributed by atoms with Crippen molar-refractivity contribution in [1.82, 2.24) is 14.6 Å². The van der Waals surface area contributed by atoms with Gasteiger partial charge in [0.1, 0.15) is 11.9 Å². The molecule has 6 heteroatoms. The number of hydrogen-bond donors (Lipinski definition) is 0. The maximum Gasteiger partial charge on any atom is 0.213 e. The minimum absolute atomic E-state index is 0.149. The minimum Gasteiger partial charge on any atom is -0.221 e. The SMILES string of the molecule is CC(C)c1nc2sc(-c3ccccc3F)nn2c1C#N. The van der Waals surface area contributed by atoms with Gasteiger partial charge >= 0.3 is 0 Å². The highest BCUT2D eigenvalue weighted by molar-refractivity contribution is 7.19. The van der Waals surface area contributed by atoms with Crippen LogP contribution >= 0.6 is 11.3 Å². The van der Waals surface area contributed by atoms with Crippen molar-refractivity contribution >= 4 is 16.3 Å². The van der Waals surface area contributed by atoms with Gasteiger partial charge in [-0.1, -0.05) is 37.3 Å². The fraction of sp³-hybridized carbons (Fsp3) is 0.214. The predicted octanol–water partition coefficient (Wildman–Crippen LogP) is 3.59. The summed E-state index contributed by atoms with van der Waals surface area (Å²) in [6, 6.07) is 8.58. The molecule has 0 saturated carbocycles. The van der Waals surface area contributed by atoms with Crippen molar-refractivity contribution in [3.63, 3.8) is 0 Å². The molecule has 3 rings (SSSR count). The standard InChI is InChI=1S/C14H11FN4S/c1-8(2)12-11(7-16)19-14(17-12)20-13(18-19)9-5-3-4-6-10(9)15/h3-6,8H,1-2H3. The number of halogens is 1. The Balaban J connectivity index is 2.21. The van der Waals surface area contributed by atoms with Crippen molar-refractivity contribution in [2.24, 2.45) is 0 Å². The van der Waals surface area contributed by atoms with E-state index >= 15 is 0 Å². The maximum absolute atomic E-state index is 13.8. The largest absolute Gasteiger partial charge is 0.221 e. The van der Waals surface area contributed by atoms with Crippen LogP contribution in [0.4, 0.5) is 4.39 Å². The Bertz CT molecular complexity index is 825. The first-order chi connectivity index (χ1) is 9.61. The molecule has 0 spiro atoms. The Labute approximate surface area is 119 Å². The number of hydrogen-bond acceptors (Lipinski definition) is 4. The molecule has 0 aliphatic heterocycles. The summed E-state index contributed by atoms with van der Waals surface area (Å²) in [7, 11) is 0. The molecule has 0 atom stereocenters. The lowest BCUT2D eigenvalue weighted by atomic mass is 10.1. The molecule has 0 saturated heterocycles. The summed E-state index contributed by atoms with van der Waals surface area (Å²) in [5.74, 6) is -0.178. The molecule has 0 bridgehead atoms. The lowest BCUT2D eigenvalue weighted by Gasteiger charge is -1.99. The summed E-state index contributed by atoms with van der Waals surface area (Å²) in [5.41, 5.74) is 1.58. The van der Waals surface area contributed by atoms with E-state index in [1.165, 1.54) is 21.9 Å². The number of nitriles is 1. The monoisotopic (exact) mass is 286 g/mol. The number of rotatable bonds is 2. The Morgan fingerprint density at radius 1 is 1.35 bits per heavy atom. The van der Waals surface area contributed by atoms with Gasteiger partial charge in [-0.15, -0.1) is 0 Å². The zero-order valence-electron chi connectivity index (χ0n) is 11.0. The van der Waals surface area contributed by atoms with Crippen LogP contribution in [0.1, 0.15) is 31.2 Å². The molecular weight excluding hydrogens is 275 g/mol. The highest BCUT2D eigenvalue weighted by Crippen LogP contribution is 2.30. The first kappa shape index (κ1) is 12.8. The van der Waals surface area contributed by atoms with Gasteiger partial charge in [0.15, 0.2) is 10.7 Å². The Morgan fingerprint density at radius 2 is 2.10 bits per heavy atom. The van der Waals surface area contributed by atoms with Crippen molar-refractivity contribution in [3.05, 3.63) is 41.5 Å². The third-order valence-corrected chi connectivity index (χ3v) is 3.93. The Morgan fingerprint density at radius 3 is 2.75 bits per heavy atom. The highest BCUT2D eigenvalue weighted by Gasteiger charge is 2.19. The number of imidazole rings is 1. The molecule has 4 nitrogen and oxygen atoms in total. The summed E-state index contributed by atoms with van der Waals surface area (Å²) in [4.78, 5) is 5.05. The molecule has 3 aromatic rings. The summed E-state index contributed by atoms with van der Waals surface area (Å²) in [6.45, 7) is 3.95. The normalized spacial score (nSPS) is 11.2. The predicted molar refractivity (Wildman–Crippen MR) is 75.1 cm³/mol. The van der Waals surface area contributed by atoms with E-state index < -0.39 is 0 Å². The number of fused-ring (bicyclic) bond motifs is 1. The quantitative estimate of drug-likeness (QED) is 0.723. The second kappa shape index (κ2) is 4.69. The van der Waals surface area contributed by atoms with E-state index in [1.807, 2.05) is 13.8 Å². The average Bonchev–Trinajstić information content (AvgIpc) is 2.95. The smallest absolute Gasteiger partial charge is 0.213 e. The molecular formula is C14H11FN4S. The highest BCUT2D eigenvalue weighted by atomic mass is 32.1. The van der Waals surface area contributed by atoms with Gasteiger partial charge in [-0.3, -0.25) is 0 Å². The lowest BCUT2D eigenvalue weighted by Crippen LogP contribution is -1.95. The molecule has 1 aromatic carbocycles. The van der Waals surface area contributed by atoms with E-state index in [-0.39, 0.29) is 11.7 Å². The summed E-state index contributed by atoms with van der Waals surface area (Å²) < 4.78 is 15.3. The number of benzene rings is 1. The molecule has 0 N–H and O–H groups in total. The van der Waals surface area contributed by atoms with Crippen molar-refractivity contribution in [2.75, 3.05) is 0 Å². The van der Waals surface area contributed by atoms with Crippen LogP contribution in [0.2, 0.25) is 0 Å². The average molecular weight is 286 g/mol. The van der Waals surface area contributed by atoms with Gasteiger partial charge in [0.25, 0.3) is 0 Å². The Hall–Kier alpha value is -2.26. The summed E-state index contributed by atoms with van der Waals surface area (Å²) >= 11 is 1.28. The first-order valence-corrected chi connectivity index (χ1v) is 6.98. The van der Waals surface area contributed by atoms with Crippen LogP contribution in [-0.4, -0.2) is 14.6 Å². The number of nitrogens with zero attached hydrogens (tertiary/aromatic N) is 4. The van der Waals surface area contributed by atoms with Crippen molar-refractivity contribution < 1.29 is 4.39 Å². The van der Waals surface area contributed by atoms with E-state index in [9.17, 15) is 9.65 Å². The molecule has 2 heterocycles. The molecule has 20 heavy (non-hydrogen) atoms. The summed E-state index contributed by atoms with van der Waals surface area (Å²) in [5, 5.41) is 14.1. The van der Waals surface area contributed by atoms with Crippen molar-refractivity contribution in [3.8, 4) is 16.6 Å². The van der Waals surface area contributed by atoms with Gasteiger partial charge in [-0.25, -0.2) is 9.37 Å². The zero-order valence-corrected chi connectivity index (χ0v) is 11.8. The molecule has 0 aliphatic rings. The second-order valence-corrected chi connectivity index (χ2v) is 5.65. The fourth-order valence-corrected chi connectivity index (χ4v) is 2.95. The molecule has 0 amide bonds. The third-order valence-electron chi connectivity index (χ3n) is 2.99. The zero-order chi connectivity index (χ0) is 14.3. The lowest BCUT2D eigenvalue weighted by molar-refractivity contribution is 0.631. The maximum atomic E-state index is 13.8. The van der Waals surface area contributed by atoms with Crippen molar-refractivity contribution in [2.45, 2.75) is 19.8 Å². The third kappa shape index (κ3) is 1.87. The van der Waals surface area contributed by atoms with Gasteiger partial charge in [0, 0.05) is 5.56 Å². The van der Waals surface area contributed by atoms with E-state index in [4.69, 9.17) is 0 Å². The van der Waals surface area contributed by atoms with E-state index in [1.54, 1.807) is 18.2 Å². The first-order valence-electron chi connectivity index (χ1n) is 6.16. The molecule has 0 aliphatic carbocycles. The topological polar surface area (TPSA) is 54.0 Å². The van der Waals surface area contributed by atoms with Gasteiger partial charge in [0.2, 0.25) is 4.96 Å². The van der Waals surface area contributed by atoms with E-state index in [0.29, 0.717) is 21.2 Å². The van der Waals surface area contributed by atoms with Crippen LogP contribution in [0.3, 0.4) is 0 Å².